The van der Waals surface area contributed by atoms with Gasteiger partial charge in [-0.15, -0.1) is 0 Å². The van der Waals surface area contributed by atoms with Gasteiger partial charge in [-0.05, 0) is 26.2 Å². The zero-order valence-electron chi connectivity index (χ0n) is 12.2. The first kappa shape index (κ1) is 13.7. The summed E-state index contributed by atoms with van der Waals surface area (Å²) in [5.74, 6) is 0.154. The van der Waals surface area contributed by atoms with Crippen LogP contribution in [0.15, 0.2) is 0 Å². The molecule has 0 saturated carbocycles. The van der Waals surface area contributed by atoms with E-state index in [-0.39, 0.29) is 29.7 Å². The maximum Gasteiger partial charge on any atom is 0.318 e. The quantitative estimate of drug-likeness (QED) is 0.764. The molecule has 3 aliphatic rings. The van der Waals surface area contributed by atoms with Crippen LogP contribution in [0.1, 0.15) is 32.6 Å². The number of nitrogens with zero attached hydrogens (tertiary/aromatic N) is 2. The summed E-state index contributed by atoms with van der Waals surface area (Å²) in [4.78, 5) is 27.6. The van der Waals surface area contributed by atoms with Gasteiger partial charge < -0.3 is 19.9 Å². The van der Waals surface area contributed by atoms with E-state index >= 15 is 0 Å². The number of morpholine rings is 1. The molecule has 3 aliphatic heterocycles. The minimum atomic E-state index is -0.322. The third-order valence-electron chi connectivity index (χ3n) is 4.64. The molecule has 0 spiro atoms. The van der Waals surface area contributed by atoms with E-state index in [1.807, 2.05) is 11.8 Å². The van der Waals surface area contributed by atoms with Crippen LogP contribution < -0.4 is 5.32 Å². The number of rotatable bonds is 1. The zero-order chi connectivity index (χ0) is 14.3. The molecule has 3 unspecified atom stereocenters. The smallest absolute Gasteiger partial charge is 0.318 e. The molecule has 0 aromatic rings. The van der Waals surface area contributed by atoms with Crippen LogP contribution in [-0.2, 0) is 9.53 Å². The fourth-order valence-corrected chi connectivity index (χ4v) is 3.48. The topological polar surface area (TPSA) is 61.9 Å². The predicted octanol–water partition coefficient (Wildman–Crippen LogP) is 0.570. The summed E-state index contributed by atoms with van der Waals surface area (Å²) in [6, 6.07) is -0.0181. The highest BCUT2D eigenvalue weighted by molar-refractivity contribution is 5.79. The van der Waals surface area contributed by atoms with Gasteiger partial charge in [0.15, 0.2) is 0 Å². The number of ether oxygens (including phenoxy) is 1. The molecule has 112 valence electrons. The van der Waals surface area contributed by atoms with Crippen molar-refractivity contribution in [2.75, 3.05) is 26.7 Å². The third kappa shape index (κ3) is 2.61. The van der Waals surface area contributed by atoms with Crippen LogP contribution in [0.2, 0.25) is 0 Å². The van der Waals surface area contributed by atoms with Gasteiger partial charge in [-0.3, -0.25) is 4.79 Å². The van der Waals surface area contributed by atoms with Crippen LogP contribution in [0.5, 0.6) is 0 Å². The normalized spacial score (nSPS) is 37.2. The average molecular weight is 281 g/mol. The van der Waals surface area contributed by atoms with E-state index in [2.05, 4.69) is 5.32 Å². The van der Waals surface area contributed by atoms with Gasteiger partial charge in [-0.1, -0.05) is 0 Å². The van der Waals surface area contributed by atoms with Crippen LogP contribution in [0.4, 0.5) is 4.79 Å². The third-order valence-corrected chi connectivity index (χ3v) is 4.64. The van der Waals surface area contributed by atoms with Gasteiger partial charge in [0, 0.05) is 33.1 Å². The maximum atomic E-state index is 12.4. The predicted molar refractivity (Wildman–Crippen MR) is 73.3 cm³/mol. The highest BCUT2D eigenvalue weighted by Crippen LogP contribution is 2.27. The van der Waals surface area contributed by atoms with Crippen molar-refractivity contribution in [1.82, 2.24) is 15.1 Å². The standard InChI is InChI=1S/C14H23N3O3/c1-14(6-5-12(18)16(2)9-14)15-13(19)17-7-10-3-4-11(8-17)20-10/h10-11H,3-9H2,1-2H3,(H,15,19). The molecule has 0 aliphatic carbocycles. The molecule has 1 N–H and O–H groups in total. The second kappa shape index (κ2) is 4.91. The monoisotopic (exact) mass is 281 g/mol. The van der Waals surface area contributed by atoms with E-state index < -0.39 is 0 Å². The molecule has 20 heavy (non-hydrogen) atoms. The van der Waals surface area contributed by atoms with Crippen molar-refractivity contribution in [2.45, 2.75) is 50.4 Å². The summed E-state index contributed by atoms with van der Waals surface area (Å²) < 4.78 is 5.75. The number of likely N-dealkylation sites (tertiary alicyclic amines) is 2. The van der Waals surface area contributed by atoms with Gasteiger partial charge in [0.05, 0.1) is 17.7 Å². The van der Waals surface area contributed by atoms with Crippen LogP contribution in [-0.4, -0.2) is 66.2 Å². The maximum absolute atomic E-state index is 12.4. The van der Waals surface area contributed by atoms with Gasteiger partial charge in [0.25, 0.3) is 0 Å². The van der Waals surface area contributed by atoms with Crippen molar-refractivity contribution >= 4 is 11.9 Å². The Morgan fingerprint density at radius 1 is 1.35 bits per heavy atom. The number of hydrogen-bond acceptors (Lipinski definition) is 3. The van der Waals surface area contributed by atoms with E-state index in [0.717, 1.165) is 12.8 Å². The van der Waals surface area contributed by atoms with Crippen LogP contribution >= 0.6 is 0 Å². The number of amides is 3. The van der Waals surface area contributed by atoms with E-state index in [4.69, 9.17) is 4.74 Å². The van der Waals surface area contributed by atoms with Crippen molar-refractivity contribution in [3.05, 3.63) is 0 Å². The highest BCUT2D eigenvalue weighted by atomic mass is 16.5. The highest BCUT2D eigenvalue weighted by Gasteiger charge is 2.39. The SMILES string of the molecule is CN1CC(C)(NC(=O)N2CC3CCC(C2)O3)CCC1=O. The molecule has 6 nitrogen and oxygen atoms in total. The Balaban J connectivity index is 1.59. The first-order valence-corrected chi connectivity index (χ1v) is 7.42. The number of carbonyl (C=O) groups excluding carboxylic acids is 2. The van der Waals surface area contributed by atoms with Crippen LogP contribution in [0, 0.1) is 0 Å². The fourth-order valence-electron chi connectivity index (χ4n) is 3.48. The van der Waals surface area contributed by atoms with E-state index in [1.54, 1.807) is 11.9 Å². The molecule has 2 bridgehead atoms. The average Bonchev–Trinajstić information content (AvgIpc) is 2.73. The van der Waals surface area contributed by atoms with Crippen LogP contribution in [0.3, 0.4) is 0 Å². The van der Waals surface area contributed by atoms with Gasteiger partial charge in [0.1, 0.15) is 0 Å². The summed E-state index contributed by atoms with van der Waals surface area (Å²) >= 11 is 0. The lowest BCUT2D eigenvalue weighted by Gasteiger charge is -2.41. The lowest BCUT2D eigenvalue weighted by Crippen LogP contribution is -2.61. The second-order valence-electron chi connectivity index (χ2n) is 6.60. The molecule has 3 rings (SSSR count). The number of carbonyl (C=O) groups is 2. The molecule has 3 fully saturated rings. The van der Waals surface area contributed by atoms with Crippen LogP contribution in [0.25, 0.3) is 0 Å². The Morgan fingerprint density at radius 2 is 2.00 bits per heavy atom. The first-order chi connectivity index (χ1) is 9.45. The van der Waals surface area contributed by atoms with Gasteiger partial charge in [-0.25, -0.2) is 4.79 Å². The molecular formula is C14H23N3O3. The summed E-state index contributed by atoms with van der Waals surface area (Å²) in [6.07, 6.45) is 3.75. The molecule has 3 saturated heterocycles. The Labute approximate surface area is 119 Å². The summed E-state index contributed by atoms with van der Waals surface area (Å²) in [5.41, 5.74) is -0.322. The Hall–Kier alpha value is -1.30. The number of likely N-dealkylation sites (N-methyl/N-ethyl adjacent to an activating group) is 1. The van der Waals surface area contributed by atoms with Gasteiger partial charge in [-0.2, -0.15) is 0 Å². The molecule has 0 aromatic carbocycles. The van der Waals surface area contributed by atoms with Gasteiger partial charge >= 0.3 is 6.03 Å². The summed E-state index contributed by atoms with van der Waals surface area (Å²) in [7, 11) is 1.79. The molecule has 0 radical (unpaired) electrons. The van der Waals surface area contributed by atoms with Crippen molar-refractivity contribution in [2.24, 2.45) is 0 Å². The van der Waals surface area contributed by atoms with E-state index in [0.29, 0.717) is 32.5 Å². The Bertz CT molecular complexity index is 416. The van der Waals surface area contributed by atoms with Crippen molar-refractivity contribution in [1.29, 1.82) is 0 Å². The van der Waals surface area contributed by atoms with Crippen molar-refractivity contribution in [3.63, 3.8) is 0 Å². The Morgan fingerprint density at radius 3 is 2.60 bits per heavy atom. The second-order valence-corrected chi connectivity index (χ2v) is 6.60. The van der Waals surface area contributed by atoms with Crippen molar-refractivity contribution in [3.8, 4) is 0 Å². The molecule has 3 heterocycles. The molecule has 3 atom stereocenters. The lowest BCUT2D eigenvalue weighted by molar-refractivity contribution is -0.133. The largest absolute Gasteiger partial charge is 0.371 e. The number of nitrogens with one attached hydrogen (secondary N) is 1. The first-order valence-electron chi connectivity index (χ1n) is 7.42. The van der Waals surface area contributed by atoms with Crippen molar-refractivity contribution < 1.29 is 14.3 Å². The molecule has 0 aromatic heterocycles. The number of urea groups is 1. The minimum absolute atomic E-state index is 0.0181. The molecule has 6 heteroatoms. The Kier molecular flexibility index (Phi) is 3.36. The summed E-state index contributed by atoms with van der Waals surface area (Å²) in [5, 5.41) is 3.12. The number of hydrogen-bond donors (Lipinski definition) is 1. The molecular weight excluding hydrogens is 258 g/mol. The van der Waals surface area contributed by atoms with E-state index in [1.165, 1.54) is 0 Å². The molecule has 3 amide bonds. The minimum Gasteiger partial charge on any atom is -0.371 e. The van der Waals surface area contributed by atoms with E-state index in [9.17, 15) is 9.59 Å². The lowest BCUT2D eigenvalue weighted by atomic mass is 9.91. The number of piperidine rings is 1. The number of fused-ring (bicyclic) bond motifs is 2. The summed E-state index contributed by atoms with van der Waals surface area (Å²) in [6.45, 7) is 3.97. The fraction of sp³-hybridized carbons (Fsp3) is 0.857. The van der Waals surface area contributed by atoms with Gasteiger partial charge in [0.2, 0.25) is 5.91 Å². The zero-order valence-corrected chi connectivity index (χ0v) is 12.2.